The molecule has 4 nitrogen and oxygen atoms in total. The first-order valence-electron chi connectivity index (χ1n) is 5.55. The van der Waals surface area contributed by atoms with E-state index in [1.807, 2.05) is 0 Å². The zero-order chi connectivity index (χ0) is 15.3. The van der Waals surface area contributed by atoms with Crippen LogP contribution in [0.2, 0.25) is 5.02 Å². The average Bonchev–Trinajstić information content (AvgIpc) is 2.35. The van der Waals surface area contributed by atoms with Gasteiger partial charge in [-0.25, -0.2) is 0 Å². The summed E-state index contributed by atoms with van der Waals surface area (Å²) < 4.78 is 45.4. The van der Waals surface area contributed by atoms with Gasteiger partial charge in [-0.15, -0.1) is 0 Å². The number of benzene rings is 1. The van der Waals surface area contributed by atoms with Crippen LogP contribution in [0.15, 0.2) is 18.2 Å². The number of carbonyl (C=O) groups is 1. The number of methoxy groups -OCH3 is 1. The minimum Gasteiger partial charge on any atom is -0.483 e. The Balaban J connectivity index is 2.71. The third-order valence-corrected chi connectivity index (χ3v) is 2.61. The number of carbonyl (C=O) groups excluding carboxylic acids is 1. The van der Waals surface area contributed by atoms with E-state index in [4.69, 9.17) is 16.3 Å². The Morgan fingerprint density at radius 1 is 1.45 bits per heavy atom. The highest BCUT2D eigenvalue weighted by Gasteiger charge is 2.28. The first kappa shape index (κ1) is 16.6. The van der Waals surface area contributed by atoms with Gasteiger partial charge in [0, 0.05) is 12.8 Å². The second-order valence-electron chi connectivity index (χ2n) is 3.92. The van der Waals surface area contributed by atoms with Crippen molar-refractivity contribution in [3.8, 4) is 5.75 Å². The number of anilines is 1. The fourth-order valence-corrected chi connectivity index (χ4v) is 1.44. The van der Waals surface area contributed by atoms with Crippen LogP contribution >= 0.6 is 11.6 Å². The molecule has 1 rings (SSSR count). The molecule has 0 saturated heterocycles. The SMILES string of the molecule is CO[C@H](C)C(=O)Nc1ccc(OCC(F)(F)F)c(Cl)c1. The maximum absolute atomic E-state index is 12.0. The number of rotatable bonds is 5. The Morgan fingerprint density at radius 2 is 2.10 bits per heavy atom. The van der Waals surface area contributed by atoms with Gasteiger partial charge < -0.3 is 14.8 Å². The van der Waals surface area contributed by atoms with E-state index < -0.39 is 24.8 Å². The van der Waals surface area contributed by atoms with Crippen molar-refractivity contribution in [2.45, 2.75) is 19.2 Å². The fourth-order valence-electron chi connectivity index (χ4n) is 1.21. The monoisotopic (exact) mass is 311 g/mol. The molecule has 1 atom stereocenters. The van der Waals surface area contributed by atoms with Gasteiger partial charge in [-0.3, -0.25) is 4.79 Å². The number of alkyl halides is 3. The highest BCUT2D eigenvalue weighted by Crippen LogP contribution is 2.29. The lowest BCUT2D eigenvalue weighted by Crippen LogP contribution is -2.26. The molecule has 0 aliphatic rings. The van der Waals surface area contributed by atoms with Crippen molar-refractivity contribution in [3.63, 3.8) is 0 Å². The first-order chi connectivity index (χ1) is 9.23. The second-order valence-corrected chi connectivity index (χ2v) is 4.32. The molecule has 0 spiro atoms. The van der Waals surface area contributed by atoms with E-state index in [0.717, 1.165) is 0 Å². The topological polar surface area (TPSA) is 47.6 Å². The van der Waals surface area contributed by atoms with Gasteiger partial charge in [0.1, 0.15) is 11.9 Å². The Morgan fingerprint density at radius 3 is 2.60 bits per heavy atom. The molecule has 0 heterocycles. The highest BCUT2D eigenvalue weighted by molar-refractivity contribution is 6.32. The largest absolute Gasteiger partial charge is 0.483 e. The van der Waals surface area contributed by atoms with Crippen LogP contribution in [-0.2, 0) is 9.53 Å². The van der Waals surface area contributed by atoms with Crippen molar-refractivity contribution in [2.24, 2.45) is 0 Å². The fraction of sp³-hybridized carbons (Fsp3) is 0.417. The molecular formula is C12H13ClF3NO3. The molecule has 1 aromatic carbocycles. The third kappa shape index (κ3) is 5.26. The van der Waals surface area contributed by atoms with Crippen molar-refractivity contribution in [1.29, 1.82) is 0 Å². The second kappa shape index (κ2) is 6.81. The molecule has 0 radical (unpaired) electrons. The van der Waals surface area contributed by atoms with Gasteiger partial charge >= 0.3 is 6.18 Å². The summed E-state index contributed by atoms with van der Waals surface area (Å²) in [6.07, 6.45) is -5.10. The zero-order valence-corrected chi connectivity index (χ0v) is 11.5. The summed E-state index contributed by atoms with van der Waals surface area (Å²) in [5.41, 5.74) is 0.336. The minimum atomic E-state index is -4.44. The molecule has 0 unspecified atom stereocenters. The minimum absolute atomic E-state index is 0.0304. The normalized spacial score (nSPS) is 12.9. The molecule has 0 aromatic heterocycles. The van der Waals surface area contributed by atoms with E-state index in [2.05, 4.69) is 10.1 Å². The van der Waals surface area contributed by atoms with Crippen molar-refractivity contribution in [1.82, 2.24) is 0 Å². The quantitative estimate of drug-likeness (QED) is 0.908. The van der Waals surface area contributed by atoms with Crippen molar-refractivity contribution >= 4 is 23.2 Å². The third-order valence-electron chi connectivity index (χ3n) is 2.31. The molecule has 0 saturated carbocycles. The molecule has 0 fully saturated rings. The summed E-state index contributed by atoms with van der Waals surface area (Å²) in [7, 11) is 1.38. The van der Waals surface area contributed by atoms with Crippen LogP contribution in [0, 0.1) is 0 Å². The lowest BCUT2D eigenvalue weighted by atomic mass is 10.3. The van der Waals surface area contributed by atoms with Crippen LogP contribution in [0.4, 0.5) is 18.9 Å². The summed E-state index contributed by atoms with van der Waals surface area (Å²) in [6, 6.07) is 3.94. The maximum atomic E-state index is 12.0. The van der Waals surface area contributed by atoms with E-state index in [0.29, 0.717) is 5.69 Å². The number of hydrogen-bond acceptors (Lipinski definition) is 3. The molecule has 112 valence electrons. The summed E-state index contributed by atoms with van der Waals surface area (Å²) in [5, 5.41) is 2.48. The Hall–Kier alpha value is -1.47. The summed E-state index contributed by atoms with van der Waals surface area (Å²) in [4.78, 5) is 11.5. The number of nitrogens with one attached hydrogen (secondary N) is 1. The molecule has 1 amide bonds. The Kier molecular flexibility index (Phi) is 5.64. The first-order valence-corrected chi connectivity index (χ1v) is 5.93. The lowest BCUT2D eigenvalue weighted by molar-refractivity contribution is -0.153. The van der Waals surface area contributed by atoms with E-state index in [-0.39, 0.29) is 10.8 Å². The van der Waals surface area contributed by atoms with E-state index in [1.165, 1.54) is 25.3 Å². The van der Waals surface area contributed by atoms with Gasteiger partial charge in [0.05, 0.1) is 5.02 Å². The van der Waals surface area contributed by atoms with E-state index in [9.17, 15) is 18.0 Å². The number of amides is 1. The van der Waals surface area contributed by atoms with Crippen LogP contribution < -0.4 is 10.1 Å². The molecule has 0 aliphatic heterocycles. The Bertz CT molecular complexity index is 480. The number of hydrogen-bond donors (Lipinski definition) is 1. The van der Waals surface area contributed by atoms with Gasteiger partial charge in [-0.1, -0.05) is 11.6 Å². The van der Waals surface area contributed by atoms with Crippen LogP contribution in [0.5, 0.6) is 5.75 Å². The maximum Gasteiger partial charge on any atom is 0.422 e. The molecular weight excluding hydrogens is 299 g/mol. The van der Waals surface area contributed by atoms with Crippen molar-refractivity contribution < 1.29 is 27.4 Å². The smallest absolute Gasteiger partial charge is 0.422 e. The standard InChI is InChI=1S/C12H13ClF3NO3/c1-7(19-2)11(18)17-8-3-4-10(9(13)5-8)20-6-12(14,15)16/h3-5,7H,6H2,1-2H3,(H,17,18)/t7-/m1/s1. The van der Waals surface area contributed by atoms with E-state index >= 15 is 0 Å². The van der Waals surface area contributed by atoms with Gasteiger partial charge in [0.25, 0.3) is 5.91 Å². The van der Waals surface area contributed by atoms with Gasteiger partial charge in [0.15, 0.2) is 6.61 Å². The molecule has 1 aromatic rings. The van der Waals surface area contributed by atoms with Crippen molar-refractivity contribution in [2.75, 3.05) is 19.0 Å². The molecule has 8 heteroatoms. The lowest BCUT2D eigenvalue weighted by Gasteiger charge is -2.13. The van der Waals surface area contributed by atoms with Crippen LogP contribution in [-0.4, -0.2) is 31.9 Å². The predicted molar refractivity (Wildman–Crippen MR) is 68.1 cm³/mol. The number of halogens is 4. The highest BCUT2D eigenvalue weighted by atomic mass is 35.5. The zero-order valence-electron chi connectivity index (χ0n) is 10.8. The average molecular weight is 312 g/mol. The molecule has 0 bridgehead atoms. The summed E-state index contributed by atoms with van der Waals surface area (Å²) in [5.74, 6) is -0.505. The molecule has 1 N–H and O–H groups in total. The van der Waals surface area contributed by atoms with E-state index in [1.54, 1.807) is 6.92 Å². The summed E-state index contributed by atoms with van der Waals surface area (Å²) >= 11 is 5.78. The predicted octanol–water partition coefficient (Wildman–Crippen LogP) is 3.25. The molecule has 0 aliphatic carbocycles. The Labute approximate surface area is 118 Å². The summed E-state index contributed by atoms with van der Waals surface area (Å²) in [6.45, 7) is 0.122. The van der Waals surface area contributed by atoms with Crippen LogP contribution in [0.1, 0.15) is 6.92 Å². The van der Waals surface area contributed by atoms with Gasteiger partial charge in [-0.05, 0) is 25.1 Å². The number of ether oxygens (including phenoxy) is 2. The van der Waals surface area contributed by atoms with Gasteiger partial charge in [0.2, 0.25) is 0 Å². The van der Waals surface area contributed by atoms with Crippen LogP contribution in [0.3, 0.4) is 0 Å². The molecule has 20 heavy (non-hydrogen) atoms. The van der Waals surface area contributed by atoms with Crippen LogP contribution in [0.25, 0.3) is 0 Å². The van der Waals surface area contributed by atoms with Gasteiger partial charge in [-0.2, -0.15) is 13.2 Å². The van der Waals surface area contributed by atoms with Crippen molar-refractivity contribution in [3.05, 3.63) is 23.2 Å².